The first kappa shape index (κ1) is 25.9. The Morgan fingerprint density at radius 3 is 1.90 bits per heavy atom. The summed E-state index contributed by atoms with van der Waals surface area (Å²) in [6, 6.07) is 12.6. The van der Waals surface area contributed by atoms with E-state index in [1.54, 1.807) is 25.3 Å². The van der Waals surface area contributed by atoms with Crippen molar-refractivity contribution in [3.05, 3.63) is 65.7 Å². The molecule has 6 heteroatoms. The van der Waals surface area contributed by atoms with E-state index in [4.69, 9.17) is 20.9 Å². The summed E-state index contributed by atoms with van der Waals surface area (Å²) in [5.74, 6) is 1.22. The van der Waals surface area contributed by atoms with Crippen molar-refractivity contribution in [1.82, 2.24) is 0 Å². The maximum Gasteiger partial charge on any atom is 0.298 e. The maximum absolute atomic E-state index is 10.2. The number of carbonyl (C=O) groups is 2. The molecule has 2 aromatic rings. The molecule has 0 bridgehead atoms. The summed E-state index contributed by atoms with van der Waals surface area (Å²) in [4.78, 5) is 20.4. The molecule has 0 amide bonds. The largest absolute Gasteiger partial charge is 0.429 e. The predicted molar refractivity (Wildman–Crippen MR) is 126 cm³/mol. The van der Waals surface area contributed by atoms with Gasteiger partial charge in [0.2, 0.25) is 0 Å². The SMILES string of the molecule is C=C(C)C.COC1CCC(c2ccc(OC=O)cc2)CC1.Nc1cc(N)cc(C=O)c1. The molecule has 6 nitrogen and oxygen atoms in total. The molecule has 0 saturated heterocycles. The van der Waals surface area contributed by atoms with Gasteiger partial charge in [-0.2, -0.15) is 0 Å². The van der Waals surface area contributed by atoms with Crippen molar-refractivity contribution >= 4 is 24.1 Å². The summed E-state index contributed by atoms with van der Waals surface area (Å²) < 4.78 is 10.1. The third kappa shape index (κ3) is 10.5. The maximum atomic E-state index is 10.2. The Labute approximate surface area is 185 Å². The third-order valence-electron chi connectivity index (χ3n) is 4.68. The molecule has 3 rings (SSSR count). The van der Waals surface area contributed by atoms with Crippen LogP contribution in [0.1, 0.15) is 61.4 Å². The Kier molecular flexibility index (Phi) is 11.7. The van der Waals surface area contributed by atoms with E-state index in [0.29, 0.717) is 47.5 Å². The molecule has 1 fully saturated rings. The second kappa shape index (κ2) is 14.0. The first-order valence-corrected chi connectivity index (χ1v) is 10.2. The fourth-order valence-electron chi connectivity index (χ4n) is 3.28. The van der Waals surface area contributed by atoms with E-state index in [2.05, 4.69) is 18.7 Å². The van der Waals surface area contributed by atoms with Crippen LogP contribution < -0.4 is 16.2 Å². The zero-order valence-corrected chi connectivity index (χ0v) is 18.7. The highest BCUT2D eigenvalue weighted by molar-refractivity contribution is 5.79. The van der Waals surface area contributed by atoms with Crippen LogP contribution in [0.25, 0.3) is 0 Å². The fourth-order valence-corrected chi connectivity index (χ4v) is 3.28. The van der Waals surface area contributed by atoms with Crippen molar-refractivity contribution in [1.29, 1.82) is 0 Å². The van der Waals surface area contributed by atoms with E-state index in [9.17, 15) is 9.59 Å². The van der Waals surface area contributed by atoms with Gasteiger partial charge in [0.1, 0.15) is 12.0 Å². The number of hydrogen-bond acceptors (Lipinski definition) is 6. The van der Waals surface area contributed by atoms with Gasteiger partial charge in [0.25, 0.3) is 6.47 Å². The molecule has 0 unspecified atom stereocenters. The predicted octanol–water partition coefficient (Wildman–Crippen LogP) is 5.14. The minimum Gasteiger partial charge on any atom is -0.429 e. The van der Waals surface area contributed by atoms with Gasteiger partial charge in [-0.15, -0.1) is 6.58 Å². The fraction of sp³-hybridized carbons (Fsp3) is 0.360. The summed E-state index contributed by atoms with van der Waals surface area (Å²) in [6.45, 7) is 7.96. The van der Waals surface area contributed by atoms with Gasteiger partial charge in [-0.05, 0) is 81.3 Å². The highest BCUT2D eigenvalue weighted by atomic mass is 16.5. The van der Waals surface area contributed by atoms with Crippen molar-refractivity contribution in [2.45, 2.75) is 51.6 Å². The Bertz CT molecular complexity index is 802. The summed E-state index contributed by atoms with van der Waals surface area (Å²) in [6.07, 6.45) is 5.76. The van der Waals surface area contributed by atoms with Gasteiger partial charge in [0.15, 0.2) is 0 Å². The van der Waals surface area contributed by atoms with Crippen molar-refractivity contribution in [3.63, 3.8) is 0 Å². The van der Waals surface area contributed by atoms with Crippen LogP contribution in [-0.2, 0) is 9.53 Å². The number of anilines is 2. The standard InChI is InChI=1S/C14H18O3.C7H8N2O.C4H8/c1-16-13-6-2-11(3-7-13)12-4-8-14(9-5-12)17-10-15;8-6-1-5(4-10)2-7(9)3-6;1-4(2)3/h4-5,8-11,13H,2-3,6-7H2,1H3;1-4H,8-9H2;1H2,2-3H3. The lowest BCUT2D eigenvalue weighted by Gasteiger charge is -2.27. The first-order chi connectivity index (χ1) is 14.8. The first-order valence-electron chi connectivity index (χ1n) is 10.2. The lowest BCUT2D eigenvalue weighted by molar-refractivity contribution is -0.120. The van der Waals surface area contributed by atoms with Crippen LogP contribution >= 0.6 is 0 Å². The highest BCUT2D eigenvalue weighted by Gasteiger charge is 2.21. The number of carbonyl (C=O) groups excluding carboxylic acids is 2. The van der Waals surface area contributed by atoms with Gasteiger partial charge in [-0.1, -0.05) is 17.7 Å². The molecule has 1 aliphatic carbocycles. The average molecular weight is 427 g/mol. The number of allylic oxidation sites excluding steroid dienone is 1. The van der Waals surface area contributed by atoms with E-state index in [1.807, 2.05) is 26.0 Å². The number of hydrogen-bond donors (Lipinski definition) is 2. The van der Waals surface area contributed by atoms with E-state index in [1.165, 1.54) is 24.0 Å². The van der Waals surface area contributed by atoms with E-state index < -0.39 is 0 Å². The lowest BCUT2D eigenvalue weighted by Crippen LogP contribution is -2.19. The van der Waals surface area contributed by atoms with Gasteiger partial charge in [0, 0.05) is 24.0 Å². The lowest BCUT2D eigenvalue weighted by atomic mass is 9.83. The highest BCUT2D eigenvalue weighted by Crippen LogP contribution is 2.34. The summed E-state index contributed by atoms with van der Waals surface area (Å²) >= 11 is 0. The minimum atomic E-state index is 0.434. The molecule has 1 aliphatic rings. The van der Waals surface area contributed by atoms with Crippen LogP contribution in [0.15, 0.2) is 54.6 Å². The average Bonchev–Trinajstić information content (AvgIpc) is 2.74. The van der Waals surface area contributed by atoms with Crippen LogP contribution in [0.4, 0.5) is 11.4 Å². The molecule has 31 heavy (non-hydrogen) atoms. The van der Waals surface area contributed by atoms with E-state index in [-0.39, 0.29) is 0 Å². The molecular formula is C25H34N2O4. The number of aldehydes is 1. The quantitative estimate of drug-likeness (QED) is 0.390. The smallest absolute Gasteiger partial charge is 0.298 e. The number of rotatable bonds is 5. The minimum absolute atomic E-state index is 0.434. The Hall–Kier alpha value is -3.12. The Morgan fingerprint density at radius 1 is 0.968 bits per heavy atom. The van der Waals surface area contributed by atoms with Gasteiger partial charge in [-0.3, -0.25) is 9.59 Å². The van der Waals surface area contributed by atoms with Gasteiger partial charge in [0.05, 0.1) is 6.10 Å². The molecule has 0 atom stereocenters. The third-order valence-corrected chi connectivity index (χ3v) is 4.68. The number of ether oxygens (including phenoxy) is 2. The van der Waals surface area contributed by atoms with Crippen molar-refractivity contribution in [3.8, 4) is 5.75 Å². The molecule has 4 N–H and O–H groups in total. The second-order valence-corrected chi connectivity index (χ2v) is 7.75. The second-order valence-electron chi connectivity index (χ2n) is 7.75. The molecule has 2 aromatic carbocycles. The summed E-state index contributed by atoms with van der Waals surface area (Å²) in [7, 11) is 1.79. The Morgan fingerprint density at radius 2 is 1.48 bits per heavy atom. The number of nitrogens with two attached hydrogens (primary N) is 2. The molecule has 168 valence electrons. The van der Waals surface area contributed by atoms with Gasteiger partial charge in [-0.25, -0.2) is 0 Å². The topological polar surface area (TPSA) is 105 Å². The van der Waals surface area contributed by atoms with Crippen LogP contribution in [0, 0.1) is 0 Å². The monoisotopic (exact) mass is 426 g/mol. The van der Waals surface area contributed by atoms with Crippen LogP contribution in [0.2, 0.25) is 0 Å². The number of nitrogen functional groups attached to an aromatic ring is 2. The number of methoxy groups -OCH3 is 1. The zero-order valence-electron chi connectivity index (χ0n) is 18.7. The Balaban J connectivity index is 0.000000290. The summed E-state index contributed by atoms with van der Waals surface area (Å²) in [5, 5.41) is 0. The normalized spacial score (nSPS) is 17.1. The van der Waals surface area contributed by atoms with Gasteiger partial charge < -0.3 is 20.9 Å². The van der Waals surface area contributed by atoms with Crippen LogP contribution in [0.5, 0.6) is 5.75 Å². The molecule has 0 aromatic heterocycles. The van der Waals surface area contributed by atoms with E-state index >= 15 is 0 Å². The van der Waals surface area contributed by atoms with E-state index in [0.717, 1.165) is 12.8 Å². The summed E-state index contributed by atoms with van der Waals surface area (Å²) in [5.41, 5.74) is 14.8. The van der Waals surface area contributed by atoms with Crippen molar-refractivity contribution in [2.24, 2.45) is 0 Å². The van der Waals surface area contributed by atoms with Crippen LogP contribution in [-0.4, -0.2) is 26.0 Å². The van der Waals surface area contributed by atoms with Crippen LogP contribution in [0.3, 0.4) is 0 Å². The molecule has 0 heterocycles. The molecule has 0 radical (unpaired) electrons. The molecule has 0 spiro atoms. The van der Waals surface area contributed by atoms with Crippen molar-refractivity contribution < 1.29 is 19.1 Å². The zero-order chi connectivity index (χ0) is 23.2. The molecule has 0 aliphatic heterocycles. The van der Waals surface area contributed by atoms with Crippen molar-refractivity contribution in [2.75, 3.05) is 18.6 Å². The number of benzene rings is 2. The van der Waals surface area contributed by atoms with Gasteiger partial charge >= 0.3 is 0 Å². The molecule has 1 saturated carbocycles. The molecular weight excluding hydrogens is 392 g/mol.